The van der Waals surface area contributed by atoms with Crippen molar-refractivity contribution in [1.29, 1.82) is 0 Å². The number of aryl methyl sites for hydroxylation is 1. The van der Waals surface area contributed by atoms with Gasteiger partial charge in [0.1, 0.15) is 9.22 Å². The molecule has 33 heavy (non-hydrogen) atoms. The van der Waals surface area contributed by atoms with Crippen molar-refractivity contribution in [3.63, 3.8) is 0 Å². The fourth-order valence-corrected chi connectivity index (χ4v) is 7.68. The number of carbonyl (C=O) groups excluding carboxylic acids is 1. The van der Waals surface area contributed by atoms with Gasteiger partial charge in [0.2, 0.25) is 5.91 Å². The number of anilines is 1. The lowest BCUT2D eigenvalue weighted by Crippen LogP contribution is -2.41. The molecule has 6 nitrogen and oxygen atoms in total. The zero-order valence-electron chi connectivity index (χ0n) is 18.0. The topological polar surface area (TPSA) is 79.4 Å². The van der Waals surface area contributed by atoms with Crippen LogP contribution in [0.25, 0.3) is 20.8 Å². The van der Waals surface area contributed by atoms with Crippen LogP contribution in [0.2, 0.25) is 0 Å². The summed E-state index contributed by atoms with van der Waals surface area (Å²) in [5.41, 5.74) is 3.95. The summed E-state index contributed by atoms with van der Waals surface area (Å²) < 4.78 is 28.3. The number of hydrogen-bond acceptors (Lipinski definition) is 6. The van der Waals surface area contributed by atoms with Gasteiger partial charge in [0.05, 0.1) is 10.2 Å². The maximum Gasteiger partial charge on any atom is 0.252 e. The second kappa shape index (κ2) is 8.98. The zero-order valence-corrected chi connectivity index (χ0v) is 20.5. The number of hydrogen-bond donors (Lipinski definition) is 1. The van der Waals surface area contributed by atoms with Crippen LogP contribution in [0.3, 0.4) is 0 Å². The number of aromatic nitrogens is 1. The van der Waals surface area contributed by atoms with Crippen molar-refractivity contribution < 1.29 is 13.2 Å². The number of thiophene rings is 1. The van der Waals surface area contributed by atoms with Crippen LogP contribution in [0.5, 0.6) is 0 Å². The maximum absolute atomic E-state index is 12.8. The molecule has 2 aromatic heterocycles. The first-order valence-corrected chi connectivity index (χ1v) is 13.9. The second-order valence-corrected chi connectivity index (χ2v) is 12.3. The normalized spacial score (nSPS) is 15.7. The average Bonchev–Trinajstić information content (AvgIpc) is 3.50. The summed E-state index contributed by atoms with van der Waals surface area (Å²) in [6.45, 7) is 2.78. The molecular weight excluding hydrogens is 474 g/mol. The molecule has 1 N–H and O–H groups in total. The molecule has 170 valence electrons. The van der Waals surface area contributed by atoms with E-state index >= 15 is 0 Å². The van der Waals surface area contributed by atoms with Crippen molar-refractivity contribution in [1.82, 2.24) is 9.29 Å². The van der Waals surface area contributed by atoms with Crippen LogP contribution in [0.15, 0.2) is 64.2 Å². The zero-order chi connectivity index (χ0) is 23.0. The molecule has 3 heterocycles. The molecule has 1 amide bonds. The van der Waals surface area contributed by atoms with Gasteiger partial charge in [-0.3, -0.25) is 4.79 Å². The number of piperidine rings is 1. The first-order chi connectivity index (χ1) is 15.9. The Kier molecular flexibility index (Phi) is 6.05. The third-order valence-electron chi connectivity index (χ3n) is 5.86. The van der Waals surface area contributed by atoms with Gasteiger partial charge in [-0.15, -0.1) is 22.7 Å². The molecule has 0 saturated carbocycles. The van der Waals surface area contributed by atoms with Gasteiger partial charge in [-0.25, -0.2) is 13.4 Å². The van der Waals surface area contributed by atoms with E-state index in [4.69, 9.17) is 4.98 Å². The minimum Gasteiger partial charge on any atom is -0.326 e. The Morgan fingerprint density at radius 1 is 1.09 bits per heavy atom. The van der Waals surface area contributed by atoms with Crippen molar-refractivity contribution in [3.8, 4) is 10.6 Å². The molecule has 9 heteroatoms. The minimum atomic E-state index is -3.45. The highest BCUT2D eigenvalue weighted by Crippen LogP contribution is 2.32. The summed E-state index contributed by atoms with van der Waals surface area (Å²) in [7, 11) is -3.45. The maximum atomic E-state index is 12.8. The molecule has 0 radical (unpaired) electrons. The molecule has 1 fully saturated rings. The van der Waals surface area contributed by atoms with E-state index in [1.807, 2.05) is 30.3 Å². The van der Waals surface area contributed by atoms with Gasteiger partial charge in [-0.1, -0.05) is 12.1 Å². The van der Waals surface area contributed by atoms with Crippen LogP contribution in [0.1, 0.15) is 18.4 Å². The number of nitrogens with zero attached hydrogens (tertiary/aromatic N) is 2. The van der Waals surface area contributed by atoms with Gasteiger partial charge in [0.25, 0.3) is 10.0 Å². The lowest BCUT2D eigenvalue weighted by atomic mass is 9.97. The van der Waals surface area contributed by atoms with Crippen molar-refractivity contribution in [2.75, 3.05) is 18.4 Å². The van der Waals surface area contributed by atoms with Crippen LogP contribution in [-0.2, 0) is 14.8 Å². The lowest BCUT2D eigenvalue weighted by molar-refractivity contribution is -0.120. The number of sulfonamides is 1. The van der Waals surface area contributed by atoms with Crippen LogP contribution in [-0.4, -0.2) is 36.7 Å². The molecule has 0 aliphatic carbocycles. The Bertz CT molecular complexity index is 1390. The summed E-state index contributed by atoms with van der Waals surface area (Å²) in [5.74, 6) is -0.265. The molecule has 1 aliphatic rings. The van der Waals surface area contributed by atoms with E-state index in [0.717, 1.165) is 26.5 Å². The number of benzene rings is 2. The van der Waals surface area contributed by atoms with E-state index in [-0.39, 0.29) is 11.8 Å². The first kappa shape index (κ1) is 22.2. The van der Waals surface area contributed by atoms with Gasteiger partial charge in [-0.2, -0.15) is 4.31 Å². The van der Waals surface area contributed by atoms with Crippen LogP contribution >= 0.6 is 22.7 Å². The van der Waals surface area contributed by atoms with Crippen LogP contribution in [0, 0.1) is 12.8 Å². The van der Waals surface area contributed by atoms with Crippen molar-refractivity contribution in [2.24, 2.45) is 5.92 Å². The van der Waals surface area contributed by atoms with Crippen LogP contribution in [0.4, 0.5) is 5.69 Å². The van der Waals surface area contributed by atoms with E-state index in [2.05, 4.69) is 24.4 Å². The predicted octanol–water partition coefficient (Wildman–Crippen LogP) is 5.37. The summed E-state index contributed by atoms with van der Waals surface area (Å²) in [6.07, 6.45) is 1.03. The third-order valence-corrected chi connectivity index (χ3v) is 10.2. The van der Waals surface area contributed by atoms with E-state index in [1.54, 1.807) is 28.8 Å². The van der Waals surface area contributed by atoms with Crippen molar-refractivity contribution in [3.05, 3.63) is 65.5 Å². The first-order valence-electron chi connectivity index (χ1n) is 10.7. The highest BCUT2D eigenvalue weighted by molar-refractivity contribution is 7.91. The standard InChI is InChI=1S/C24H23N3O3S3/c1-16-4-9-20-21(15-16)32-24(26-20)18-5-7-19(8-6-18)25-23(28)17-10-12-27(13-11-17)33(29,30)22-3-2-14-31-22/h2-9,14-15,17H,10-13H2,1H3,(H,25,28). The molecule has 4 aromatic rings. The molecule has 1 saturated heterocycles. The van der Waals surface area contributed by atoms with Gasteiger partial charge in [0, 0.05) is 30.3 Å². The number of rotatable bonds is 5. The summed E-state index contributed by atoms with van der Waals surface area (Å²) in [6, 6.07) is 17.3. The Hall–Kier alpha value is -2.59. The van der Waals surface area contributed by atoms with Gasteiger partial charge in [-0.05, 0) is 73.2 Å². The second-order valence-electron chi connectivity index (χ2n) is 8.17. The molecule has 0 spiro atoms. The molecule has 0 bridgehead atoms. The SMILES string of the molecule is Cc1ccc2nc(-c3ccc(NC(=O)C4CCN(S(=O)(=O)c5cccs5)CC4)cc3)sc2c1. The van der Waals surface area contributed by atoms with Gasteiger partial charge in [0.15, 0.2) is 0 Å². The fourth-order valence-electron chi connectivity index (χ4n) is 3.99. The molecule has 5 rings (SSSR count). The van der Waals surface area contributed by atoms with E-state index in [9.17, 15) is 13.2 Å². The van der Waals surface area contributed by atoms with Gasteiger partial charge < -0.3 is 5.32 Å². The average molecular weight is 498 g/mol. The molecule has 1 aliphatic heterocycles. The lowest BCUT2D eigenvalue weighted by Gasteiger charge is -2.30. The van der Waals surface area contributed by atoms with E-state index in [0.29, 0.717) is 30.1 Å². The number of carbonyl (C=O) groups is 1. The summed E-state index contributed by atoms with van der Waals surface area (Å²) in [5, 5.41) is 5.70. The number of nitrogens with one attached hydrogen (secondary N) is 1. The Morgan fingerprint density at radius 3 is 2.55 bits per heavy atom. The van der Waals surface area contributed by atoms with Gasteiger partial charge >= 0.3 is 0 Å². The number of fused-ring (bicyclic) bond motifs is 1. The highest BCUT2D eigenvalue weighted by atomic mass is 32.2. The number of amides is 1. The minimum absolute atomic E-state index is 0.0635. The Morgan fingerprint density at radius 2 is 1.85 bits per heavy atom. The fraction of sp³-hybridized carbons (Fsp3) is 0.250. The van der Waals surface area contributed by atoms with Crippen molar-refractivity contribution >= 4 is 54.5 Å². The Labute approximate surface area is 201 Å². The smallest absolute Gasteiger partial charge is 0.252 e. The molecule has 0 atom stereocenters. The molecule has 2 aromatic carbocycles. The quantitative estimate of drug-likeness (QED) is 0.402. The number of thiazole rings is 1. The van der Waals surface area contributed by atoms with E-state index in [1.165, 1.54) is 21.2 Å². The Balaban J connectivity index is 1.21. The molecular formula is C24H23N3O3S3. The third kappa shape index (κ3) is 4.59. The molecule has 0 unspecified atom stereocenters. The highest BCUT2D eigenvalue weighted by Gasteiger charge is 2.32. The largest absolute Gasteiger partial charge is 0.326 e. The summed E-state index contributed by atoms with van der Waals surface area (Å²) >= 11 is 2.88. The predicted molar refractivity (Wildman–Crippen MR) is 134 cm³/mol. The monoisotopic (exact) mass is 497 g/mol. The van der Waals surface area contributed by atoms with Crippen molar-refractivity contribution in [2.45, 2.75) is 24.0 Å². The van der Waals surface area contributed by atoms with E-state index < -0.39 is 10.0 Å². The van der Waals surface area contributed by atoms with Crippen LogP contribution < -0.4 is 5.32 Å². The summed E-state index contributed by atoms with van der Waals surface area (Å²) in [4.78, 5) is 17.5.